The molecule has 120 valence electrons. The lowest BCUT2D eigenvalue weighted by atomic mass is 10.1. The highest BCUT2D eigenvalue weighted by atomic mass is 32.1. The van der Waals surface area contributed by atoms with Crippen LogP contribution in [0.2, 0.25) is 0 Å². The van der Waals surface area contributed by atoms with Gasteiger partial charge in [0, 0.05) is 22.0 Å². The fraction of sp³-hybridized carbons (Fsp3) is 0.294. The number of amides is 1. The molecule has 2 aromatic rings. The highest BCUT2D eigenvalue weighted by Gasteiger charge is 2.23. The number of nitrogens with one attached hydrogen (secondary N) is 1. The minimum atomic E-state index is -0.485. The molecule has 0 saturated carbocycles. The molecule has 0 spiro atoms. The summed E-state index contributed by atoms with van der Waals surface area (Å²) in [7, 11) is 0. The molecule has 1 aromatic heterocycles. The van der Waals surface area contributed by atoms with E-state index in [1.165, 1.54) is 11.3 Å². The summed E-state index contributed by atoms with van der Waals surface area (Å²) in [6, 6.07) is 9.52. The number of rotatable bonds is 4. The number of ether oxygens (including phenoxy) is 2. The Balaban J connectivity index is 1.72. The van der Waals surface area contributed by atoms with E-state index in [2.05, 4.69) is 5.32 Å². The van der Waals surface area contributed by atoms with Crippen LogP contribution in [-0.4, -0.2) is 24.5 Å². The van der Waals surface area contributed by atoms with E-state index in [0.717, 1.165) is 21.8 Å². The fourth-order valence-corrected chi connectivity index (χ4v) is 3.46. The van der Waals surface area contributed by atoms with Crippen molar-refractivity contribution in [3.8, 4) is 16.2 Å². The smallest absolute Gasteiger partial charge is 0.348 e. The molecule has 23 heavy (non-hydrogen) atoms. The Morgan fingerprint density at radius 1 is 1.35 bits per heavy atom. The second-order valence-electron chi connectivity index (χ2n) is 5.55. The third-order valence-corrected chi connectivity index (χ3v) is 4.50. The zero-order valence-electron chi connectivity index (χ0n) is 12.9. The van der Waals surface area contributed by atoms with Gasteiger partial charge in [-0.25, -0.2) is 4.79 Å². The SMILES string of the molecule is CC(C)NC(=O)COC(=O)c1cc2c(s1)-c1ccccc1OC2. The van der Waals surface area contributed by atoms with Gasteiger partial charge in [0.2, 0.25) is 0 Å². The first-order chi connectivity index (χ1) is 11.0. The van der Waals surface area contributed by atoms with Gasteiger partial charge in [-0.3, -0.25) is 4.79 Å². The van der Waals surface area contributed by atoms with Crippen LogP contribution in [0, 0.1) is 0 Å². The van der Waals surface area contributed by atoms with Gasteiger partial charge in [0.05, 0.1) is 0 Å². The monoisotopic (exact) mass is 331 g/mol. The molecule has 5 nitrogen and oxygen atoms in total. The molecule has 0 atom stereocenters. The number of carbonyl (C=O) groups is 2. The van der Waals surface area contributed by atoms with Gasteiger partial charge in [-0.2, -0.15) is 0 Å². The standard InChI is InChI=1S/C17H17NO4S/c1-10(2)18-15(19)9-22-17(20)14-7-11-8-21-13-6-4-3-5-12(13)16(11)23-14/h3-7,10H,8-9H2,1-2H3,(H,18,19). The molecule has 1 amide bonds. The van der Waals surface area contributed by atoms with E-state index >= 15 is 0 Å². The number of fused-ring (bicyclic) bond motifs is 3. The Kier molecular flexibility index (Phi) is 4.34. The van der Waals surface area contributed by atoms with E-state index in [0.29, 0.717) is 11.5 Å². The van der Waals surface area contributed by atoms with E-state index in [-0.39, 0.29) is 18.6 Å². The van der Waals surface area contributed by atoms with Crippen molar-refractivity contribution in [3.05, 3.63) is 40.8 Å². The summed E-state index contributed by atoms with van der Waals surface area (Å²) in [6.07, 6.45) is 0. The minimum absolute atomic E-state index is 0.0175. The first-order valence-corrected chi connectivity index (χ1v) is 8.17. The van der Waals surface area contributed by atoms with Crippen molar-refractivity contribution in [3.63, 3.8) is 0 Å². The largest absolute Gasteiger partial charge is 0.488 e. The second kappa shape index (κ2) is 6.42. The topological polar surface area (TPSA) is 64.6 Å². The third kappa shape index (κ3) is 3.37. The third-order valence-electron chi connectivity index (χ3n) is 3.31. The van der Waals surface area contributed by atoms with Crippen LogP contribution < -0.4 is 10.1 Å². The van der Waals surface area contributed by atoms with Gasteiger partial charge >= 0.3 is 5.97 Å². The molecule has 0 unspecified atom stereocenters. The summed E-state index contributed by atoms with van der Waals surface area (Å²) in [5.41, 5.74) is 1.95. The Hall–Kier alpha value is -2.34. The minimum Gasteiger partial charge on any atom is -0.488 e. The summed E-state index contributed by atoms with van der Waals surface area (Å²) in [4.78, 5) is 25.2. The number of thiophene rings is 1. The van der Waals surface area contributed by atoms with E-state index < -0.39 is 5.97 Å². The van der Waals surface area contributed by atoms with Crippen molar-refractivity contribution in [1.29, 1.82) is 0 Å². The molecular formula is C17H17NO4S. The fourth-order valence-electron chi connectivity index (χ4n) is 2.37. The average Bonchev–Trinajstić information content (AvgIpc) is 2.96. The quantitative estimate of drug-likeness (QED) is 0.875. The van der Waals surface area contributed by atoms with Crippen molar-refractivity contribution in [2.24, 2.45) is 0 Å². The first kappa shape index (κ1) is 15.6. The van der Waals surface area contributed by atoms with E-state index in [9.17, 15) is 9.59 Å². The molecule has 1 aliphatic rings. The molecule has 0 aliphatic carbocycles. The Morgan fingerprint density at radius 3 is 2.91 bits per heavy atom. The van der Waals surface area contributed by atoms with Gasteiger partial charge in [0.15, 0.2) is 6.61 Å². The van der Waals surface area contributed by atoms with E-state index in [4.69, 9.17) is 9.47 Å². The number of hydrogen-bond donors (Lipinski definition) is 1. The molecule has 1 N–H and O–H groups in total. The van der Waals surface area contributed by atoms with Gasteiger partial charge in [0.1, 0.15) is 17.2 Å². The van der Waals surface area contributed by atoms with Crippen molar-refractivity contribution < 1.29 is 19.1 Å². The Bertz CT molecular complexity index is 751. The zero-order chi connectivity index (χ0) is 16.4. The number of esters is 1. The highest BCUT2D eigenvalue weighted by molar-refractivity contribution is 7.17. The van der Waals surface area contributed by atoms with Gasteiger partial charge < -0.3 is 14.8 Å². The Labute approximate surface area is 138 Å². The molecule has 1 aliphatic heterocycles. The number of para-hydroxylation sites is 1. The summed E-state index contributed by atoms with van der Waals surface area (Å²) in [5, 5.41) is 2.68. The molecule has 1 aromatic carbocycles. The maximum atomic E-state index is 12.1. The van der Waals surface area contributed by atoms with Crippen molar-refractivity contribution in [2.75, 3.05) is 6.61 Å². The molecular weight excluding hydrogens is 314 g/mol. The summed E-state index contributed by atoms with van der Waals surface area (Å²) < 4.78 is 10.8. The molecule has 0 bridgehead atoms. The number of hydrogen-bond acceptors (Lipinski definition) is 5. The normalized spacial score (nSPS) is 12.1. The highest BCUT2D eigenvalue weighted by Crippen LogP contribution is 2.42. The predicted molar refractivity (Wildman–Crippen MR) is 87.6 cm³/mol. The molecule has 0 saturated heterocycles. The first-order valence-electron chi connectivity index (χ1n) is 7.36. The van der Waals surface area contributed by atoms with Crippen LogP contribution in [0.25, 0.3) is 10.4 Å². The van der Waals surface area contributed by atoms with Crippen LogP contribution in [0.3, 0.4) is 0 Å². The molecule has 3 rings (SSSR count). The van der Waals surface area contributed by atoms with Crippen LogP contribution in [0.15, 0.2) is 30.3 Å². The van der Waals surface area contributed by atoms with Crippen LogP contribution >= 0.6 is 11.3 Å². The molecule has 0 radical (unpaired) electrons. The lowest BCUT2D eigenvalue weighted by Crippen LogP contribution is -2.33. The zero-order valence-corrected chi connectivity index (χ0v) is 13.7. The van der Waals surface area contributed by atoms with Gasteiger partial charge in [0.25, 0.3) is 5.91 Å². The maximum absolute atomic E-state index is 12.1. The van der Waals surface area contributed by atoms with Gasteiger partial charge in [-0.1, -0.05) is 12.1 Å². The lowest BCUT2D eigenvalue weighted by Gasteiger charge is -2.16. The van der Waals surface area contributed by atoms with Crippen molar-refractivity contribution in [1.82, 2.24) is 5.32 Å². The van der Waals surface area contributed by atoms with E-state index in [1.807, 2.05) is 38.1 Å². The summed E-state index contributed by atoms with van der Waals surface area (Å²) in [5.74, 6) is 0.0298. The van der Waals surface area contributed by atoms with Crippen LogP contribution in [0.4, 0.5) is 0 Å². The van der Waals surface area contributed by atoms with Crippen molar-refractivity contribution >= 4 is 23.2 Å². The summed E-state index contributed by atoms with van der Waals surface area (Å²) in [6.45, 7) is 3.87. The van der Waals surface area contributed by atoms with Gasteiger partial charge in [-0.05, 0) is 32.0 Å². The maximum Gasteiger partial charge on any atom is 0.348 e. The molecule has 0 fully saturated rings. The summed E-state index contributed by atoms with van der Waals surface area (Å²) >= 11 is 1.37. The second-order valence-corrected chi connectivity index (χ2v) is 6.60. The van der Waals surface area contributed by atoms with Crippen LogP contribution in [0.1, 0.15) is 29.1 Å². The van der Waals surface area contributed by atoms with Crippen molar-refractivity contribution in [2.45, 2.75) is 26.5 Å². The Morgan fingerprint density at radius 2 is 2.13 bits per heavy atom. The van der Waals surface area contributed by atoms with Crippen LogP contribution in [-0.2, 0) is 16.1 Å². The molecule has 2 heterocycles. The molecule has 6 heteroatoms. The predicted octanol–water partition coefficient (Wildman–Crippen LogP) is 2.99. The lowest BCUT2D eigenvalue weighted by molar-refractivity contribution is -0.124. The average molecular weight is 331 g/mol. The van der Waals surface area contributed by atoms with Gasteiger partial charge in [-0.15, -0.1) is 11.3 Å². The van der Waals surface area contributed by atoms with Crippen LogP contribution in [0.5, 0.6) is 5.75 Å². The number of benzene rings is 1. The number of carbonyl (C=O) groups excluding carboxylic acids is 2. The van der Waals surface area contributed by atoms with E-state index in [1.54, 1.807) is 6.07 Å².